The van der Waals surface area contributed by atoms with Gasteiger partial charge in [-0.2, -0.15) is 0 Å². The highest BCUT2D eigenvalue weighted by Gasteiger charge is 2.49. The molecule has 2 aliphatic heterocycles. The quantitative estimate of drug-likeness (QED) is 0.721. The summed E-state index contributed by atoms with van der Waals surface area (Å²) in [5, 5.41) is 3.00. The molecule has 3 aromatic rings. The van der Waals surface area contributed by atoms with E-state index >= 15 is 0 Å². The molecular formula is C20H17N3O2S. The number of rotatable bonds is 1. The van der Waals surface area contributed by atoms with Crippen molar-refractivity contribution in [3.05, 3.63) is 59.1 Å². The van der Waals surface area contributed by atoms with Gasteiger partial charge in [-0.25, -0.2) is 4.98 Å². The number of piperidine rings is 1. The number of carbonyl (C=O) groups is 2. The highest BCUT2D eigenvalue weighted by atomic mass is 32.1. The third-order valence-corrected chi connectivity index (χ3v) is 6.37. The van der Waals surface area contributed by atoms with Gasteiger partial charge in [-0.15, -0.1) is 11.3 Å². The van der Waals surface area contributed by atoms with Crippen molar-refractivity contribution in [1.82, 2.24) is 9.88 Å². The second-order valence-corrected chi connectivity index (χ2v) is 7.77. The van der Waals surface area contributed by atoms with Crippen LogP contribution in [0.1, 0.15) is 28.8 Å². The van der Waals surface area contributed by atoms with Crippen molar-refractivity contribution in [2.45, 2.75) is 18.3 Å². The monoisotopic (exact) mass is 363 g/mol. The van der Waals surface area contributed by atoms with Crippen LogP contribution in [0, 0.1) is 0 Å². The van der Waals surface area contributed by atoms with E-state index in [1.807, 2.05) is 47.4 Å². The molecule has 0 bridgehead atoms. The Bertz CT molecular complexity index is 1040. The number of hydrogen-bond donors (Lipinski definition) is 1. The highest BCUT2D eigenvalue weighted by Crippen LogP contribution is 2.44. The molecule has 2 aromatic carbocycles. The number of anilines is 1. The molecule has 3 heterocycles. The molecule has 2 amide bonds. The van der Waals surface area contributed by atoms with E-state index in [0.717, 1.165) is 34.3 Å². The molecule has 1 atom stereocenters. The van der Waals surface area contributed by atoms with Crippen molar-refractivity contribution >= 4 is 39.1 Å². The summed E-state index contributed by atoms with van der Waals surface area (Å²) in [5.74, 6) is -0.0108. The summed E-state index contributed by atoms with van der Waals surface area (Å²) >= 11 is 1.48. The van der Waals surface area contributed by atoms with E-state index in [-0.39, 0.29) is 11.8 Å². The Morgan fingerprint density at radius 1 is 1.19 bits per heavy atom. The second-order valence-electron chi connectivity index (χ2n) is 6.92. The van der Waals surface area contributed by atoms with Gasteiger partial charge in [0.2, 0.25) is 5.91 Å². The number of aromatic nitrogens is 1. The minimum atomic E-state index is -0.633. The summed E-state index contributed by atoms with van der Waals surface area (Å²) in [6.07, 6.45) is 1.58. The Balaban J connectivity index is 1.53. The van der Waals surface area contributed by atoms with Crippen LogP contribution >= 0.6 is 11.3 Å². The molecule has 1 fully saturated rings. The van der Waals surface area contributed by atoms with E-state index < -0.39 is 5.41 Å². The number of fused-ring (bicyclic) bond motifs is 3. The molecule has 6 heteroatoms. The lowest BCUT2D eigenvalue weighted by Crippen LogP contribution is -2.51. The van der Waals surface area contributed by atoms with Crippen LogP contribution < -0.4 is 5.32 Å². The van der Waals surface area contributed by atoms with Gasteiger partial charge in [-0.1, -0.05) is 24.3 Å². The zero-order valence-electron chi connectivity index (χ0n) is 14.1. The average Bonchev–Trinajstić information content (AvgIpc) is 3.25. The molecule has 0 aliphatic carbocycles. The van der Waals surface area contributed by atoms with E-state index in [0.29, 0.717) is 18.7 Å². The number of nitrogens with zero attached hydrogens (tertiary/aromatic N) is 2. The number of amides is 2. The Morgan fingerprint density at radius 2 is 2.08 bits per heavy atom. The number of thiazole rings is 1. The van der Waals surface area contributed by atoms with Crippen LogP contribution in [0.2, 0.25) is 0 Å². The second kappa shape index (κ2) is 5.64. The number of likely N-dealkylation sites (tertiary alicyclic amines) is 1. The molecule has 0 radical (unpaired) electrons. The zero-order valence-corrected chi connectivity index (χ0v) is 14.9. The molecule has 5 nitrogen and oxygen atoms in total. The molecule has 1 aromatic heterocycles. The molecule has 0 saturated carbocycles. The Kier molecular flexibility index (Phi) is 3.37. The van der Waals surface area contributed by atoms with Gasteiger partial charge in [-0.3, -0.25) is 9.59 Å². The van der Waals surface area contributed by atoms with Crippen LogP contribution in [-0.4, -0.2) is 34.8 Å². The van der Waals surface area contributed by atoms with Gasteiger partial charge in [0.05, 0.1) is 26.7 Å². The fourth-order valence-corrected chi connectivity index (χ4v) is 5.03. The van der Waals surface area contributed by atoms with Crippen LogP contribution in [0.3, 0.4) is 0 Å². The molecule has 1 N–H and O–H groups in total. The standard InChI is InChI=1S/C20H17N3O2S/c24-18(13-5-3-8-16-17(13)26-12-21-16)23-10-4-9-20(11-23)14-6-1-2-7-15(14)22-19(20)25/h1-3,5-8,12H,4,9-11H2,(H,22,25). The lowest BCUT2D eigenvalue weighted by atomic mass is 9.75. The molecule has 2 aliphatic rings. The summed E-state index contributed by atoms with van der Waals surface area (Å²) in [4.78, 5) is 32.2. The Morgan fingerprint density at radius 3 is 3.00 bits per heavy atom. The third kappa shape index (κ3) is 2.12. The van der Waals surface area contributed by atoms with Crippen LogP contribution in [0.15, 0.2) is 48.0 Å². The van der Waals surface area contributed by atoms with Gasteiger partial charge in [0.25, 0.3) is 5.91 Å². The maximum absolute atomic E-state index is 13.2. The van der Waals surface area contributed by atoms with Crippen molar-refractivity contribution in [3.63, 3.8) is 0 Å². The van der Waals surface area contributed by atoms with Crippen molar-refractivity contribution in [3.8, 4) is 0 Å². The number of para-hydroxylation sites is 1. The topological polar surface area (TPSA) is 62.3 Å². The first kappa shape index (κ1) is 15.5. The van der Waals surface area contributed by atoms with E-state index in [1.54, 1.807) is 5.51 Å². The number of benzene rings is 2. The maximum atomic E-state index is 13.2. The number of nitrogens with one attached hydrogen (secondary N) is 1. The van der Waals surface area contributed by atoms with Gasteiger partial charge >= 0.3 is 0 Å². The summed E-state index contributed by atoms with van der Waals surface area (Å²) < 4.78 is 0.911. The fraction of sp³-hybridized carbons (Fsp3) is 0.250. The summed E-state index contributed by atoms with van der Waals surface area (Å²) in [6.45, 7) is 1.09. The molecule has 1 spiro atoms. The van der Waals surface area contributed by atoms with Crippen LogP contribution in [0.25, 0.3) is 10.2 Å². The smallest absolute Gasteiger partial charge is 0.255 e. The predicted octanol–water partition coefficient (Wildman–Crippen LogP) is 3.42. The lowest BCUT2D eigenvalue weighted by Gasteiger charge is -2.39. The number of hydrogen-bond acceptors (Lipinski definition) is 4. The average molecular weight is 363 g/mol. The maximum Gasteiger partial charge on any atom is 0.255 e. The summed E-state index contributed by atoms with van der Waals surface area (Å²) in [7, 11) is 0. The molecule has 130 valence electrons. The van der Waals surface area contributed by atoms with Gasteiger partial charge < -0.3 is 10.2 Å². The van der Waals surface area contributed by atoms with Crippen LogP contribution in [0.4, 0.5) is 5.69 Å². The molecule has 1 saturated heterocycles. The van der Waals surface area contributed by atoms with E-state index in [4.69, 9.17) is 0 Å². The first-order valence-corrected chi connectivity index (χ1v) is 9.59. The normalized spacial score (nSPS) is 21.8. The molecule has 5 rings (SSSR count). The summed E-state index contributed by atoms with van der Waals surface area (Å²) in [5.41, 5.74) is 4.53. The first-order valence-electron chi connectivity index (χ1n) is 8.71. The van der Waals surface area contributed by atoms with E-state index in [1.165, 1.54) is 11.3 Å². The minimum absolute atomic E-state index is 0.00667. The van der Waals surface area contributed by atoms with Gasteiger partial charge in [0.1, 0.15) is 0 Å². The van der Waals surface area contributed by atoms with E-state index in [2.05, 4.69) is 10.3 Å². The highest BCUT2D eigenvalue weighted by molar-refractivity contribution is 7.17. The van der Waals surface area contributed by atoms with Crippen molar-refractivity contribution in [2.24, 2.45) is 0 Å². The third-order valence-electron chi connectivity index (χ3n) is 5.49. The first-order chi connectivity index (χ1) is 12.7. The molecular weight excluding hydrogens is 346 g/mol. The molecule has 26 heavy (non-hydrogen) atoms. The summed E-state index contributed by atoms with van der Waals surface area (Å²) in [6, 6.07) is 13.5. The van der Waals surface area contributed by atoms with Crippen molar-refractivity contribution in [1.29, 1.82) is 0 Å². The predicted molar refractivity (Wildman–Crippen MR) is 102 cm³/mol. The van der Waals surface area contributed by atoms with Crippen molar-refractivity contribution < 1.29 is 9.59 Å². The number of carbonyl (C=O) groups excluding carboxylic acids is 2. The zero-order chi connectivity index (χ0) is 17.7. The Hall–Kier alpha value is -2.73. The van der Waals surface area contributed by atoms with Crippen LogP contribution in [-0.2, 0) is 10.2 Å². The minimum Gasteiger partial charge on any atom is -0.337 e. The van der Waals surface area contributed by atoms with Gasteiger partial charge in [0.15, 0.2) is 0 Å². The SMILES string of the molecule is O=C(c1cccc2ncsc12)N1CCCC2(C1)C(=O)Nc1ccccc12. The van der Waals surface area contributed by atoms with Crippen LogP contribution in [0.5, 0.6) is 0 Å². The Labute approximate surface area is 154 Å². The largest absolute Gasteiger partial charge is 0.337 e. The van der Waals surface area contributed by atoms with Crippen molar-refractivity contribution in [2.75, 3.05) is 18.4 Å². The fourth-order valence-electron chi connectivity index (χ4n) is 4.23. The lowest BCUT2D eigenvalue weighted by molar-refractivity contribution is -0.122. The van der Waals surface area contributed by atoms with Gasteiger partial charge in [-0.05, 0) is 36.6 Å². The molecule has 1 unspecified atom stereocenters. The van der Waals surface area contributed by atoms with Gasteiger partial charge in [0, 0.05) is 18.8 Å². The van der Waals surface area contributed by atoms with E-state index in [9.17, 15) is 9.59 Å².